The van der Waals surface area contributed by atoms with Crippen molar-refractivity contribution in [3.05, 3.63) is 34.4 Å². The van der Waals surface area contributed by atoms with Crippen LogP contribution < -0.4 is 4.90 Å². The van der Waals surface area contributed by atoms with Gasteiger partial charge in [0, 0.05) is 24.9 Å². The Morgan fingerprint density at radius 1 is 1.29 bits per heavy atom. The minimum absolute atomic E-state index is 0.0163. The average Bonchev–Trinajstić information content (AvgIpc) is 2.26. The van der Waals surface area contributed by atoms with Crippen LogP contribution >= 0.6 is 47.8 Å². The molecule has 1 aromatic rings. The quantitative estimate of drug-likeness (QED) is 0.410. The Morgan fingerprint density at radius 3 is 2.12 bits per heavy atom. The van der Waals surface area contributed by atoms with Gasteiger partial charge in [0.15, 0.2) is 0 Å². The maximum atomic E-state index is 11.8. The second-order valence-corrected chi connectivity index (χ2v) is 9.90. The maximum absolute atomic E-state index is 11.8. The molecule has 92 valence electrons. The fourth-order valence-electron chi connectivity index (χ4n) is 1.11. The van der Waals surface area contributed by atoms with Gasteiger partial charge >= 0.3 is 0 Å². The Bertz CT molecular complexity index is 442. The Kier molecular flexibility index (Phi) is 4.68. The predicted octanol–water partition coefficient (Wildman–Crippen LogP) is 3.40. The molecule has 0 spiro atoms. The second kappa shape index (κ2) is 5.45. The fourth-order valence-corrected chi connectivity index (χ4v) is 1.90. The number of rotatable bonds is 2. The number of carbonyl (C=O) groups is 1. The number of nitro benzene ring substituents is 1. The number of hydrogen-bond acceptors (Lipinski definition) is 3. The molecule has 8 heteroatoms. The smallest absolute Gasteiger partial charge is 0.269 e. The van der Waals surface area contributed by atoms with E-state index < -0.39 is 7.07 Å². The van der Waals surface area contributed by atoms with E-state index in [0.29, 0.717) is 5.69 Å². The van der Waals surface area contributed by atoms with Crippen molar-refractivity contribution in [3.63, 3.8) is 0 Å². The summed E-state index contributed by atoms with van der Waals surface area (Å²) in [5, 5.41) is 10.5. The largest absolute Gasteiger partial charge is 0.313 e. The first kappa shape index (κ1) is 14.6. The van der Waals surface area contributed by atoms with Crippen molar-refractivity contribution in [3.8, 4) is 0 Å². The van der Waals surface area contributed by atoms with Gasteiger partial charge in [0.2, 0.25) is 2.14 Å². The fraction of sp³-hybridized carbons (Fsp3) is 0.222. The SMILES string of the molecule is CN(C(=O)C(Br)(Br)Br)c1ccc([N+](=O)[O-])cc1. The van der Waals surface area contributed by atoms with Gasteiger partial charge in [-0.1, -0.05) is 0 Å². The number of alkyl halides is 3. The Labute approximate surface area is 123 Å². The minimum atomic E-state index is -1.04. The third kappa shape index (κ3) is 3.75. The Balaban J connectivity index is 2.94. The summed E-state index contributed by atoms with van der Waals surface area (Å²) in [5.74, 6) is -0.286. The van der Waals surface area contributed by atoms with Gasteiger partial charge in [-0.15, -0.1) is 0 Å². The monoisotopic (exact) mass is 428 g/mol. The molecule has 0 aromatic heterocycles. The highest BCUT2D eigenvalue weighted by molar-refractivity contribution is 9.40. The van der Waals surface area contributed by atoms with Gasteiger partial charge in [-0.25, -0.2) is 0 Å². The lowest BCUT2D eigenvalue weighted by Crippen LogP contribution is -2.35. The molecule has 0 atom stereocenters. The molecule has 0 bridgehead atoms. The van der Waals surface area contributed by atoms with Gasteiger partial charge in [-0.2, -0.15) is 0 Å². The molecule has 0 saturated heterocycles. The molecule has 0 aliphatic rings. The van der Waals surface area contributed by atoms with Crippen LogP contribution in [-0.4, -0.2) is 20.0 Å². The molecular formula is C9H7Br3N2O3. The van der Waals surface area contributed by atoms with E-state index in [0.717, 1.165) is 0 Å². The van der Waals surface area contributed by atoms with Crippen molar-refractivity contribution in [2.75, 3.05) is 11.9 Å². The lowest BCUT2D eigenvalue weighted by molar-refractivity contribution is -0.384. The first-order valence-corrected chi connectivity index (χ1v) is 6.70. The molecule has 1 aromatic carbocycles. The standard InChI is InChI=1S/C9H7Br3N2O3/c1-13(8(15)9(10,11)12)6-2-4-7(5-3-6)14(16)17/h2-5H,1H3. The predicted molar refractivity (Wildman–Crippen MR) is 76.0 cm³/mol. The van der Waals surface area contributed by atoms with E-state index >= 15 is 0 Å². The number of anilines is 1. The van der Waals surface area contributed by atoms with E-state index in [4.69, 9.17) is 0 Å². The summed E-state index contributed by atoms with van der Waals surface area (Å²) in [6.07, 6.45) is 0. The molecule has 5 nitrogen and oxygen atoms in total. The van der Waals surface area contributed by atoms with E-state index in [1.54, 1.807) is 7.05 Å². The van der Waals surface area contributed by atoms with Crippen LogP contribution in [0.25, 0.3) is 0 Å². The van der Waals surface area contributed by atoms with E-state index in [-0.39, 0.29) is 11.6 Å². The molecule has 17 heavy (non-hydrogen) atoms. The topological polar surface area (TPSA) is 63.5 Å². The molecule has 0 heterocycles. The average molecular weight is 431 g/mol. The van der Waals surface area contributed by atoms with E-state index in [2.05, 4.69) is 47.8 Å². The zero-order chi connectivity index (χ0) is 13.2. The van der Waals surface area contributed by atoms with Crippen molar-refractivity contribution < 1.29 is 9.72 Å². The number of halogens is 3. The summed E-state index contributed by atoms with van der Waals surface area (Å²) in [4.78, 5) is 23.2. The van der Waals surface area contributed by atoms with Gasteiger partial charge in [-0.3, -0.25) is 14.9 Å². The number of carbonyl (C=O) groups excluding carboxylic acids is 1. The normalized spacial score (nSPS) is 11.1. The molecule has 0 N–H and O–H groups in total. The molecule has 0 fully saturated rings. The first-order valence-electron chi connectivity index (χ1n) is 4.33. The highest BCUT2D eigenvalue weighted by atomic mass is 80.0. The van der Waals surface area contributed by atoms with Crippen LogP contribution in [0.5, 0.6) is 0 Å². The van der Waals surface area contributed by atoms with Crippen LogP contribution in [0.15, 0.2) is 24.3 Å². The van der Waals surface area contributed by atoms with Crippen molar-refractivity contribution >= 4 is 65.1 Å². The minimum Gasteiger partial charge on any atom is -0.313 e. The van der Waals surface area contributed by atoms with E-state index in [1.807, 2.05) is 0 Å². The van der Waals surface area contributed by atoms with Crippen LogP contribution in [0, 0.1) is 10.1 Å². The molecular weight excluding hydrogens is 424 g/mol. The lowest BCUT2D eigenvalue weighted by atomic mass is 10.2. The number of benzene rings is 1. The third-order valence-corrected chi connectivity index (χ3v) is 3.01. The number of non-ortho nitro benzene ring substituents is 1. The number of nitro groups is 1. The van der Waals surface area contributed by atoms with Gasteiger partial charge in [-0.05, 0) is 59.9 Å². The highest BCUT2D eigenvalue weighted by Crippen LogP contribution is 2.36. The summed E-state index contributed by atoms with van der Waals surface area (Å²) < 4.78 is -1.04. The lowest BCUT2D eigenvalue weighted by Gasteiger charge is -2.22. The molecule has 0 unspecified atom stereocenters. The van der Waals surface area contributed by atoms with Crippen LogP contribution in [0.4, 0.5) is 11.4 Å². The maximum Gasteiger partial charge on any atom is 0.269 e. The van der Waals surface area contributed by atoms with Crippen LogP contribution in [-0.2, 0) is 4.79 Å². The van der Waals surface area contributed by atoms with E-state index in [9.17, 15) is 14.9 Å². The molecule has 0 aliphatic heterocycles. The van der Waals surface area contributed by atoms with Crippen LogP contribution in [0.2, 0.25) is 0 Å². The van der Waals surface area contributed by atoms with E-state index in [1.165, 1.54) is 29.2 Å². The number of amides is 1. The van der Waals surface area contributed by atoms with Crippen LogP contribution in [0.1, 0.15) is 0 Å². The van der Waals surface area contributed by atoms with Gasteiger partial charge < -0.3 is 4.90 Å². The van der Waals surface area contributed by atoms with Crippen molar-refractivity contribution in [2.24, 2.45) is 0 Å². The highest BCUT2D eigenvalue weighted by Gasteiger charge is 2.32. The third-order valence-electron chi connectivity index (χ3n) is 1.99. The molecule has 0 radical (unpaired) electrons. The van der Waals surface area contributed by atoms with Crippen molar-refractivity contribution in [1.29, 1.82) is 0 Å². The zero-order valence-corrected chi connectivity index (χ0v) is 13.3. The summed E-state index contributed by atoms with van der Waals surface area (Å²) >= 11 is 9.34. The molecule has 0 aliphatic carbocycles. The van der Waals surface area contributed by atoms with Crippen LogP contribution in [0.3, 0.4) is 0 Å². The zero-order valence-electron chi connectivity index (χ0n) is 8.56. The number of nitrogens with zero attached hydrogens (tertiary/aromatic N) is 2. The molecule has 1 rings (SSSR count). The van der Waals surface area contributed by atoms with Gasteiger partial charge in [0.1, 0.15) is 0 Å². The number of hydrogen-bond donors (Lipinski definition) is 0. The summed E-state index contributed by atoms with van der Waals surface area (Å²) in [5.41, 5.74) is 0.542. The first-order chi connectivity index (χ1) is 7.73. The second-order valence-electron chi connectivity index (χ2n) is 3.14. The molecule has 1 amide bonds. The summed E-state index contributed by atoms with van der Waals surface area (Å²) in [6.45, 7) is 0. The van der Waals surface area contributed by atoms with Crippen molar-refractivity contribution in [1.82, 2.24) is 0 Å². The molecule has 0 saturated carbocycles. The van der Waals surface area contributed by atoms with Crippen molar-refractivity contribution in [2.45, 2.75) is 2.14 Å². The van der Waals surface area contributed by atoms with Gasteiger partial charge in [0.25, 0.3) is 11.6 Å². The summed E-state index contributed by atoms with van der Waals surface area (Å²) in [6, 6.07) is 5.71. The Morgan fingerprint density at radius 2 is 1.76 bits per heavy atom. The van der Waals surface area contributed by atoms with Gasteiger partial charge in [0.05, 0.1) is 4.92 Å². The Hall–Kier alpha value is -0.470. The summed E-state index contributed by atoms with van der Waals surface area (Å²) in [7, 11) is 1.57.